The number of nitrogens with zero attached hydrogens (tertiary/aromatic N) is 3. The van der Waals surface area contributed by atoms with Crippen molar-refractivity contribution in [2.45, 2.75) is 26.8 Å². The van der Waals surface area contributed by atoms with Crippen LogP contribution in [-0.2, 0) is 13.0 Å². The van der Waals surface area contributed by atoms with E-state index in [-0.39, 0.29) is 5.82 Å². The van der Waals surface area contributed by atoms with Crippen LogP contribution in [0, 0.1) is 11.7 Å². The third kappa shape index (κ3) is 5.32. The first-order chi connectivity index (χ1) is 13.2. The van der Waals surface area contributed by atoms with Crippen LogP contribution >= 0.6 is 0 Å². The fraction of sp³-hybridized carbons (Fsp3) is 0.400. The summed E-state index contributed by atoms with van der Waals surface area (Å²) in [5.74, 6) is 0.986. The van der Waals surface area contributed by atoms with Crippen LogP contribution in [0.25, 0.3) is 10.9 Å². The van der Waals surface area contributed by atoms with E-state index in [2.05, 4.69) is 39.6 Å². The number of hydrogen-bond donors (Lipinski definition) is 3. The summed E-state index contributed by atoms with van der Waals surface area (Å²) in [4.78, 5) is 7.81. The zero-order chi connectivity index (χ0) is 19.1. The van der Waals surface area contributed by atoms with Crippen molar-refractivity contribution in [3.05, 3.63) is 54.2 Å². The number of aliphatic imine (C=N–C) groups is 1. The number of H-pyrrole nitrogens is 1. The van der Waals surface area contributed by atoms with Gasteiger partial charge in [0, 0.05) is 55.7 Å². The highest BCUT2D eigenvalue weighted by Crippen LogP contribution is 2.19. The molecule has 144 valence electrons. The Morgan fingerprint density at radius 2 is 2.26 bits per heavy atom. The quantitative estimate of drug-likeness (QED) is 0.422. The van der Waals surface area contributed by atoms with Gasteiger partial charge in [0.05, 0.1) is 0 Å². The normalized spacial score (nSPS) is 13.1. The number of halogens is 1. The Hall–Kier alpha value is -2.83. The number of rotatable bonds is 8. The monoisotopic (exact) mass is 370 g/mol. The number of hydrogen-bond acceptors (Lipinski definition) is 2. The summed E-state index contributed by atoms with van der Waals surface area (Å²) in [6.07, 6.45) is 6.54. The Morgan fingerprint density at radius 1 is 1.37 bits per heavy atom. The van der Waals surface area contributed by atoms with Crippen molar-refractivity contribution in [1.82, 2.24) is 25.4 Å². The molecule has 3 rings (SSSR count). The van der Waals surface area contributed by atoms with Gasteiger partial charge in [0.15, 0.2) is 5.96 Å². The van der Waals surface area contributed by atoms with E-state index < -0.39 is 0 Å². The fourth-order valence-electron chi connectivity index (χ4n) is 3.06. The van der Waals surface area contributed by atoms with E-state index in [4.69, 9.17) is 0 Å². The first-order valence-corrected chi connectivity index (χ1v) is 9.41. The number of fused-ring (bicyclic) bond motifs is 1. The second kappa shape index (κ2) is 9.21. The molecule has 0 aliphatic carbocycles. The third-order valence-electron chi connectivity index (χ3n) is 4.38. The SMILES string of the molecule is CCNC(=NCC(C)Cn1cccn1)NCCc1c[nH]c2cc(F)ccc12. The van der Waals surface area contributed by atoms with E-state index in [1.165, 1.54) is 17.7 Å². The van der Waals surface area contributed by atoms with Gasteiger partial charge < -0.3 is 15.6 Å². The lowest BCUT2D eigenvalue weighted by molar-refractivity contribution is 0.458. The van der Waals surface area contributed by atoms with E-state index in [1.54, 1.807) is 6.20 Å². The molecule has 0 spiro atoms. The van der Waals surface area contributed by atoms with Gasteiger partial charge in [0.25, 0.3) is 0 Å². The molecule has 0 saturated carbocycles. The second-order valence-electron chi connectivity index (χ2n) is 6.73. The highest BCUT2D eigenvalue weighted by atomic mass is 19.1. The minimum Gasteiger partial charge on any atom is -0.361 e. The Bertz CT molecular complexity index is 868. The Labute approximate surface area is 158 Å². The predicted molar refractivity (Wildman–Crippen MR) is 107 cm³/mol. The van der Waals surface area contributed by atoms with Gasteiger partial charge in [-0.3, -0.25) is 9.67 Å². The molecule has 0 amide bonds. The van der Waals surface area contributed by atoms with Crippen molar-refractivity contribution in [2.24, 2.45) is 10.9 Å². The van der Waals surface area contributed by atoms with Gasteiger partial charge in [0.1, 0.15) is 5.82 Å². The third-order valence-corrected chi connectivity index (χ3v) is 4.38. The summed E-state index contributed by atoms with van der Waals surface area (Å²) >= 11 is 0. The van der Waals surface area contributed by atoms with Crippen LogP contribution in [0.5, 0.6) is 0 Å². The summed E-state index contributed by atoms with van der Waals surface area (Å²) < 4.78 is 15.2. The summed E-state index contributed by atoms with van der Waals surface area (Å²) in [5.41, 5.74) is 2.00. The molecule has 2 heterocycles. The van der Waals surface area contributed by atoms with Crippen molar-refractivity contribution >= 4 is 16.9 Å². The van der Waals surface area contributed by atoms with Gasteiger partial charge in [0.2, 0.25) is 0 Å². The number of guanidine groups is 1. The molecule has 0 bridgehead atoms. The molecule has 3 aromatic rings. The molecule has 0 aliphatic heterocycles. The number of aromatic amines is 1. The topological polar surface area (TPSA) is 70.0 Å². The van der Waals surface area contributed by atoms with Crippen LogP contribution in [0.4, 0.5) is 4.39 Å². The Kier molecular flexibility index (Phi) is 6.46. The Morgan fingerprint density at radius 3 is 3.04 bits per heavy atom. The van der Waals surface area contributed by atoms with E-state index in [0.717, 1.165) is 49.5 Å². The minimum atomic E-state index is -0.222. The van der Waals surface area contributed by atoms with Gasteiger partial charge in [-0.25, -0.2) is 4.39 Å². The van der Waals surface area contributed by atoms with Crippen molar-refractivity contribution in [3.8, 4) is 0 Å². The predicted octanol–water partition coefficient (Wildman–Crippen LogP) is 2.94. The van der Waals surface area contributed by atoms with Crippen LogP contribution in [-0.4, -0.2) is 40.4 Å². The minimum absolute atomic E-state index is 0.222. The van der Waals surface area contributed by atoms with Crippen molar-refractivity contribution in [1.29, 1.82) is 0 Å². The van der Waals surface area contributed by atoms with E-state index in [0.29, 0.717) is 5.92 Å². The molecule has 3 N–H and O–H groups in total. The summed E-state index contributed by atoms with van der Waals surface area (Å²) in [6, 6.07) is 6.78. The molecule has 0 fully saturated rings. The molecule has 1 unspecified atom stereocenters. The van der Waals surface area contributed by atoms with Crippen LogP contribution in [0.15, 0.2) is 47.8 Å². The van der Waals surface area contributed by atoms with Gasteiger partial charge >= 0.3 is 0 Å². The molecular formula is C20H27FN6. The highest BCUT2D eigenvalue weighted by molar-refractivity contribution is 5.83. The molecule has 2 aromatic heterocycles. The number of aromatic nitrogens is 3. The maximum Gasteiger partial charge on any atom is 0.191 e. The van der Waals surface area contributed by atoms with Crippen LogP contribution in [0.3, 0.4) is 0 Å². The van der Waals surface area contributed by atoms with Gasteiger partial charge in [-0.1, -0.05) is 6.92 Å². The average Bonchev–Trinajstić information content (AvgIpc) is 3.29. The van der Waals surface area contributed by atoms with E-state index >= 15 is 0 Å². The second-order valence-corrected chi connectivity index (χ2v) is 6.73. The lowest BCUT2D eigenvalue weighted by Crippen LogP contribution is -2.38. The number of benzene rings is 1. The van der Waals surface area contributed by atoms with Gasteiger partial charge in [-0.05, 0) is 49.1 Å². The van der Waals surface area contributed by atoms with Crippen molar-refractivity contribution in [3.63, 3.8) is 0 Å². The number of nitrogens with one attached hydrogen (secondary N) is 3. The first kappa shape index (κ1) is 18.9. The fourth-order valence-corrected chi connectivity index (χ4v) is 3.06. The van der Waals surface area contributed by atoms with Crippen LogP contribution in [0.2, 0.25) is 0 Å². The zero-order valence-corrected chi connectivity index (χ0v) is 15.9. The van der Waals surface area contributed by atoms with Gasteiger partial charge in [-0.15, -0.1) is 0 Å². The van der Waals surface area contributed by atoms with Crippen molar-refractivity contribution < 1.29 is 4.39 Å². The summed E-state index contributed by atoms with van der Waals surface area (Å²) in [6.45, 7) is 7.36. The lowest BCUT2D eigenvalue weighted by Gasteiger charge is -2.13. The van der Waals surface area contributed by atoms with Crippen LogP contribution < -0.4 is 10.6 Å². The van der Waals surface area contributed by atoms with Crippen molar-refractivity contribution in [2.75, 3.05) is 19.6 Å². The first-order valence-electron chi connectivity index (χ1n) is 9.41. The molecule has 1 aromatic carbocycles. The van der Waals surface area contributed by atoms with E-state index in [1.807, 2.05) is 29.2 Å². The molecule has 0 saturated heterocycles. The molecule has 6 nitrogen and oxygen atoms in total. The summed E-state index contributed by atoms with van der Waals surface area (Å²) in [7, 11) is 0. The molecule has 0 radical (unpaired) electrons. The van der Waals surface area contributed by atoms with Crippen LogP contribution in [0.1, 0.15) is 19.4 Å². The Balaban J connectivity index is 1.52. The average molecular weight is 370 g/mol. The lowest BCUT2D eigenvalue weighted by atomic mass is 10.1. The molecule has 7 heteroatoms. The molecule has 1 atom stereocenters. The maximum absolute atomic E-state index is 13.3. The maximum atomic E-state index is 13.3. The molecular weight excluding hydrogens is 343 g/mol. The molecule has 27 heavy (non-hydrogen) atoms. The molecule has 0 aliphatic rings. The standard InChI is InChI=1S/C20H27FN6/c1-3-22-20(25-12-15(2)14-27-10-4-8-26-27)23-9-7-16-13-24-19-11-17(21)5-6-18(16)19/h4-6,8,10-11,13,15,24H,3,7,9,12,14H2,1-2H3,(H2,22,23,25). The van der Waals surface area contributed by atoms with Gasteiger partial charge in [-0.2, -0.15) is 5.10 Å². The van der Waals surface area contributed by atoms with E-state index in [9.17, 15) is 4.39 Å². The summed E-state index contributed by atoms with van der Waals surface area (Å²) in [5, 5.41) is 12.0. The smallest absolute Gasteiger partial charge is 0.191 e. The highest BCUT2D eigenvalue weighted by Gasteiger charge is 2.06. The largest absolute Gasteiger partial charge is 0.361 e. The zero-order valence-electron chi connectivity index (χ0n) is 15.9.